The molecule has 1 N–H and O–H groups in total. The van der Waals surface area contributed by atoms with E-state index in [1.807, 2.05) is 12.3 Å². The number of hydrogen-bond donors (Lipinski definition) is 1. The van der Waals surface area contributed by atoms with Crippen LogP contribution in [0.3, 0.4) is 0 Å². The van der Waals surface area contributed by atoms with E-state index in [1.165, 1.54) is 0 Å². The Bertz CT molecular complexity index is 697. The molecule has 3 rings (SSSR count). The lowest BCUT2D eigenvalue weighted by molar-refractivity contribution is 0.0952. The molecule has 23 heavy (non-hydrogen) atoms. The Labute approximate surface area is 138 Å². The number of nitrogens with one attached hydrogen (secondary N) is 1. The number of amides is 1. The number of methoxy groups -OCH3 is 1. The second-order valence-corrected chi connectivity index (χ2v) is 6.13. The van der Waals surface area contributed by atoms with Crippen molar-refractivity contribution in [1.82, 2.24) is 10.3 Å². The van der Waals surface area contributed by atoms with Crippen LogP contribution in [-0.2, 0) is 6.42 Å². The predicted octanol–water partition coefficient (Wildman–Crippen LogP) is 2.20. The zero-order chi connectivity index (χ0) is 16.2. The molecule has 2 heterocycles. The zero-order valence-electron chi connectivity index (χ0n) is 13.0. The summed E-state index contributed by atoms with van der Waals surface area (Å²) in [4.78, 5) is 16.7. The number of rotatable bonds is 5. The summed E-state index contributed by atoms with van der Waals surface area (Å²) in [5.74, 6) is 1.42. The summed E-state index contributed by atoms with van der Waals surface area (Å²) in [5, 5.41) is 5.93. The molecule has 0 aliphatic carbocycles. The highest BCUT2D eigenvalue weighted by atomic mass is 32.1. The second kappa shape index (κ2) is 6.87. The summed E-state index contributed by atoms with van der Waals surface area (Å²) >= 11 is 1.61. The van der Waals surface area contributed by atoms with Crippen molar-refractivity contribution in [2.45, 2.75) is 13.3 Å². The molecule has 0 unspecified atom stereocenters. The molecule has 0 fully saturated rings. The summed E-state index contributed by atoms with van der Waals surface area (Å²) in [6.45, 7) is 3.43. The highest BCUT2D eigenvalue weighted by molar-refractivity contribution is 7.09. The van der Waals surface area contributed by atoms with Gasteiger partial charge in [-0.05, 0) is 19.1 Å². The SMILES string of the molecule is COc1cc(C(=O)NCCc2csc(C)n2)cc2c1OCCO2. The molecule has 1 aliphatic rings. The normalized spacial score (nSPS) is 12.8. The maximum absolute atomic E-state index is 12.3. The summed E-state index contributed by atoms with van der Waals surface area (Å²) in [6.07, 6.45) is 0.706. The quantitative estimate of drug-likeness (QED) is 0.908. The van der Waals surface area contributed by atoms with Gasteiger partial charge in [0.1, 0.15) is 13.2 Å². The molecule has 2 aromatic rings. The van der Waals surface area contributed by atoms with Gasteiger partial charge in [0.15, 0.2) is 11.5 Å². The van der Waals surface area contributed by atoms with E-state index in [1.54, 1.807) is 30.6 Å². The lowest BCUT2D eigenvalue weighted by atomic mass is 10.1. The topological polar surface area (TPSA) is 69.7 Å². The van der Waals surface area contributed by atoms with Gasteiger partial charge >= 0.3 is 0 Å². The van der Waals surface area contributed by atoms with Crippen LogP contribution in [0.5, 0.6) is 17.2 Å². The molecule has 1 amide bonds. The maximum atomic E-state index is 12.3. The smallest absolute Gasteiger partial charge is 0.251 e. The van der Waals surface area contributed by atoms with Crippen molar-refractivity contribution in [2.24, 2.45) is 0 Å². The monoisotopic (exact) mass is 334 g/mol. The lowest BCUT2D eigenvalue weighted by Gasteiger charge is -2.21. The molecule has 6 nitrogen and oxygen atoms in total. The Morgan fingerprint density at radius 2 is 2.22 bits per heavy atom. The van der Waals surface area contributed by atoms with E-state index in [0.29, 0.717) is 49.0 Å². The van der Waals surface area contributed by atoms with Crippen LogP contribution in [0.1, 0.15) is 21.1 Å². The van der Waals surface area contributed by atoms with Gasteiger partial charge in [-0.15, -0.1) is 11.3 Å². The minimum Gasteiger partial charge on any atom is -0.493 e. The summed E-state index contributed by atoms with van der Waals surface area (Å²) in [6, 6.07) is 3.34. The first-order chi connectivity index (χ1) is 11.2. The third-order valence-corrected chi connectivity index (χ3v) is 4.25. The van der Waals surface area contributed by atoms with Crippen molar-refractivity contribution >= 4 is 17.2 Å². The van der Waals surface area contributed by atoms with Crippen molar-refractivity contribution in [3.63, 3.8) is 0 Å². The van der Waals surface area contributed by atoms with Crippen LogP contribution in [-0.4, -0.2) is 37.8 Å². The minimum absolute atomic E-state index is 0.174. The largest absolute Gasteiger partial charge is 0.493 e. The van der Waals surface area contributed by atoms with Crippen LogP contribution < -0.4 is 19.5 Å². The standard InChI is InChI=1S/C16H18N2O4S/c1-10-18-12(9-23-10)3-4-17-16(19)11-7-13(20-2)15-14(8-11)21-5-6-22-15/h7-9H,3-6H2,1-2H3,(H,17,19). The van der Waals surface area contributed by atoms with E-state index in [-0.39, 0.29) is 5.91 Å². The number of hydrogen-bond acceptors (Lipinski definition) is 6. The third-order valence-electron chi connectivity index (χ3n) is 3.42. The van der Waals surface area contributed by atoms with Crippen LogP contribution in [0.15, 0.2) is 17.5 Å². The Balaban J connectivity index is 1.67. The van der Waals surface area contributed by atoms with Gasteiger partial charge in [-0.1, -0.05) is 0 Å². The summed E-state index contributed by atoms with van der Waals surface area (Å²) < 4.78 is 16.4. The minimum atomic E-state index is -0.174. The number of carbonyl (C=O) groups excluding carboxylic acids is 1. The van der Waals surface area contributed by atoms with Gasteiger partial charge in [0.25, 0.3) is 5.91 Å². The van der Waals surface area contributed by atoms with Crippen molar-refractivity contribution in [3.05, 3.63) is 33.8 Å². The maximum Gasteiger partial charge on any atom is 0.251 e. The Kier molecular flexibility index (Phi) is 4.66. The number of fused-ring (bicyclic) bond motifs is 1. The van der Waals surface area contributed by atoms with E-state index in [0.717, 1.165) is 10.7 Å². The fourth-order valence-electron chi connectivity index (χ4n) is 2.33. The second-order valence-electron chi connectivity index (χ2n) is 5.07. The molecular formula is C16H18N2O4S. The summed E-state index contributed by atoms with van der Waals surface area (Å²) in [5.41, 5.74) is 1.48. The van der Waals surface area contributed by atoms with Crippen molar-refractivity contribution in [1.29, 1.82) is 0 Å². The molecule has 0 atom stereocenters. The molecule has 1 aromatic carbocycles. The predicted molar refractivity (Wildman–Crippen MR) is 86.9 cm³/mol. The van der Waals surface area contributed by atoms with Gasteiger partial charge in [-0.2, -0.15) is 0 Å². The van der Waals surface area contributed by atoms with Gasteiger partial charge in [0.05, 0.1) is 17.8 Å². The Hall–Kier alpha value is -2.28. The van der Waals surface area contributed by atoms with Gasteiger partial charge in [-0.25, -0.2) is 4.98 Å². The van der Waals surface area contributed by atoms with Crippen molar-refractivity contribution in [3.8, 4) is 17.2 Å². The molecule has 0 radical (unpaired) electrons. The number of carbonyl (C=O) groups is 1. The van der Waals surface area contributed by atoms with Gasteiger partial charge in [0, 0.05) is 23.9 Å². The molecule has 0 saturated carbocycles. The van der Waals surface area contributed by atoms with Crippen LogP contribution in [0.4, 0.5) is 0 Å². The summed E-state index contributed by atoms with van der Waals surface area (Å²) in [7, 11) is 1.54. The van der Waals surface area contributed by atoms with E-state index in [2.05, 4.69) is 10.3 Å². The number of nitrogens with zero attached hydrogens (tertiary/aromatic N) is 1. The fraction of sp³-hybridized carbons (Fsp3) is 0.375. The first kappa shape index (κ1) is 15.6. The molecular weight excluding hydrogens is 316 g/mol. The van der Waals surface area contributed by atoms with Crippen molar-refractivity contribution in [2.75, 3.05) is 26.9 Å². The van der Waals surface area contributed by atoms with Gasteiger partial charge in [-0.3, -0.25) is 4.79 Å². The fourth-order valence-corrected chi connectivity index (χ4v) is 2.98. The Morgan fingerprint density at radius 1 is 1.39 bits per heavy atom. The number of ether oxygens (including phenoxy) is 3. The number of aromatic nitrogens is 1. The van der Waals surface area contributed by atoms with Gasteiger partial charge in [0.2, 0.25) is 5.75 Å². The first-order valence-electron chi connectivity index (χ1n) is 7.34. The Morgan fingerprint density at radius 3 is 2.96 bits per heavy atom. The molecule has 1 aliphatic heterocycles. The van der Waals surface area contributed by atoms with Crippen LogP contribution in [0.25, 0.3) is 0 Å². The van der Waals surface area contributed by atoms with Gasteiger partial charge < -0.3 is 19.5 Å². The molecule has 122 valence electrons. The van der Waals surface area contributed by atoms with Crippen LogP contribution in [0, 0.1) is 6.92 Å². The first-order valence-corrected chi connectivity index (χ1v) is 8.22. The van der Waals surface area contributed by atoms with Crippen molar-refractivity contribution < 1.29 is 19.0 Å². The van der Waals surface area contributed by atoms with E-state index in [9.17, 15) is 4.79 Å². The average molecular weight is 334 g/mol. The molecule has 1 aromatic heterocycles. The third kappa shape index (κ3) is 3.56. The van der Waals surface area contributed by atoms with Crippen LogP contribution >= 0.6 is 11.3 Å². The molecule has 7 heteroatoms. The lowest BCUT2D eigenvalue weighted by Crippen LogP contribution is -2.26. The molecule has 0 spiro atoms. The van der Waals surface area contributed by atoms with E-state index < -0.39 is 0 Å². The molecule has 0 bridgehead atoms. The highest BCUT2D eigenvalue weighted by Gasteiger charge is 2.20. The van der Waals surface area contributed by atoms with E-state index in [4.69, 9.17) is 14.2 Å². The highest BCUT2D eigenvalue weighted by Crippen LogP contribution is 2.40. The number of benzene rings is 1. The van der Waals surface area contributed by atoms with E-state index >= 15 is 0 Å². The number of thiazole rings is 1. The average Bonchev–Trinajstić information content (AvgIpc) is 2.99. The number of aryl methyl sites for hydroxylation is 1. The van der Waals surface area contributed by atoms with Crippen LogP contribution in [0.2, 0.25) is 0 Å². The molecule has 0 saturated heterocycles. The zero-order valence-corrected chi connectivity index (χ0v) is 13.9.